The van der Waals surface area contributed by atoms with Crippen LogP contribution in [0.4, 0.5) is 5.69 Å². The van der Waals surface area contributed by atoms with Crippen molar-refractivity contribution >= 4 is 5.69 Å². The summed E-state index contributed by atoms with van der Waals surface area (Å²) in [7, 11) is 1.65. The molecule has 1 aromatic heterocycles. The second-order valence-electron chi connectivity index (χ2n) is 4.88. The second-order valence-corrected chi connectivity index (χ2v) is 4.88. The molecule has 0 spiro atoms. The fourth-order valence-corrected chi connectivity index (χ4v) is 2.22. The Morgan fingerprint density at radius 2 is 1.87 bits per heavy atom. The van der Waals surface area contributed by atoms with E-state index >= 15 is 0 Å². The van der Waals surface area contributed by atoms with Crippen LogP contribution in [0.25, 0.3) is 0 Å². The fourth-order valence-electron chi connectivity index (χ4n) is 2.22. The minimum absolute atomic E-state index is 0.610. The van der Waals surface area contributed by atoms with Gasteiger partial charge in [-0.1, -0.05) is 12.1 Å². The molecule has 0 unspecified atom stereocenters. The fraction of sp³-hybridized carbons (Fsp3) is 0.118. The minimum atomic E-state index is 0.610. The second kappa shape index (κ2) is 6.62. The predicted octanol–water partition coefficient (Wildman–Crippen LogP) is 2.63. The number of aromatic nitrogens is 3. The third-order valence-corrected chi connectivity index (χ3v) is 3.44. The van der Waals surface area contributed by atoms with Crippen LogP contribution in [0.3, 0.4) is 0 Å². The summed E-state index contributed by atoms with van der Waals surface area (Å²) in [5, 5.41) is 15.1. The first kappa shape index (κ1) is 14.6. The van der Waals surface area contributed by atoms with Crippen LogP contribution in [-0.4, -0.2) is 22.0 Å². The van der Waals surface area contributed by atoms with Crippen molar-refractivity contribution in [3.63, 3.8) is 0 Å². The average Bonchev–Trinajstić information content (AvgIpc) is 3.15. The van der Waals surface area contributed by atoms with Crippen LogP contribution in [0.1, 0.15) is 11.1 Å². The summed E-state index contributed by atoms with van der Waals surface area (Å²) in [5.74, 6) is 0.819. The Hall–Kier alpha value is -3.33. The van der Waals surface area contributed by atoms with Gasteiger partial charge in [0.05, 0.1) is 31.0 Å². The normalized spacial score (nSPS) is 10.1. The highest BCUT2D eigenvalue weighted by atomic mass is 16.5. The third-order valence-electron chi connectivity index (χ3n) is 3.44. The van der Waals surface area contributed by atoms with Crippen LogP contribution < -0.4 is 9.75 Å². The van der Waals surface area contributed by atoms with Gasteiger partial charge in [0.1, 0.15) is 18.4 Å². The molecule has 0 aliphatic carbocycles. The zero-order valence-electron chi connectivity index (χ0n) is 12.6. The quantitative estimate of drug-likeness (QED) is 0.725. The number of ether oxygens (including phenoxy) is 1. The van der Waals surface area contributed by atoms with Gasteiger partial charge >= 0.3 is 0 Å². The van der Waals surface area contributed by atoms with E-state index in [4.69, 9.17) is 10.00 Å². The largest absolute Gasteiger partial charge is 0.497 e. The van der Waals surface area contributed by atoms with Crippen LogP contribution in [0, 0.1) is 11.3 Å². The van der Waals surface area contributed by atoms with E-state index in [-0.39, 0.29) is 0 Å². The van der Waals surface area contributed by atoms with E-state index in [9.17, 15) is 0 Å². The molecule has 0 atom stereocenters. The lowest BCUT2D eigenvalue weighted by atomic mass is 10.2. The first-order valence-corrected chi connectivity index (χ1v) is 7.05. The smallest absolute Gasteiger partial charge is 0.139 e. The van der Waals surface area contributed by atoms with Gasteiger partial charge in [-0.05, 0) is 42.0 Å². The van der Waals surface area contributed by atoms with Crippen molar-refractivity contribution in [2.75, 3.05) is 12.1 Å². The molecule has 0 aliphatic heterocycles. The van der Waals surface area contributed by atoms with Gasteiger partial charge in [0.25, 0.3) is 0 Å². The lowest BCUT2D eigenvalue weighted by molar-refractivity contribution is 0.414. The summed E-state index contributed by atoms with van der Waals surface area (Å²) < 4.78 is 5.18. The number of methoxy groups -OCH3 is 1. The van der Waals surface area contributed by atoms with Gasteiger partial charge in [-0.2, -0.15) is 10.1 Å². The lowest BCUT2D eigenvalue weighted by Gasteiger charge is -2.24. The Bertz CT molecular complexity index is 789. The Labute approximate surface area is 134 Å². The molecule has 6 heteroatoms. The van der Waals surface area contributed by atoms with Crippen LogP contribution in [-0.2, 0) is 6.54 Å². The molecule has 0 saturated heterocycles. The number of benzene rings is 2. The van der Waals surface area contributed by atoms with Crippen molar-refractivity contribution in [1.29, 1.82) is 5.26 Å². The summed E-state index contributed by atoms with van der Waals surface area (Å²) >= 11 is 0. The molecule has 23 heavy (non-hydrogen) atoms. The van der Waals surface area contributed by atoms with Gasteiger partial charge in [0, 0.05) is 0 Å². The van der Waals surface area contributed by atoms with Gasteiger partial charge < -0.3 is 4.74 Å². The van der Waals surface area contributed by atoms with E-state index in [1.54, 1.807) is 30.4 Å². The Morgan fingerprint density at radius 1 is 1.13 bits per heavy atom. The van der Waals surface area contributed by atoms with Crippen LogP contribution in [0.5, 0.6) is 5.75 Å². The SMILES string of the molecule is COc1ccc(CN(c2ccc(C#N)cc2)n2cncn2)cc1. The number of nitriles is 1. The molecule has 114 valence electrons. The molecular weight excluding hydrogens is 290 g/mol. The van der Waals surface area contributed by atoms with E-state index in [1.807, 2.05) is 41.4 Å². The van der Waals surface area contributed by atoms with Crippen molar-refractivity contribution in [3.8, 4) is 11.8 Å². The van der Waals surface area contributed by atoms with Crippen molar-refractivity contribution in [2.24, 2.45) is 0 Å². The molecule has 0 amide bonds. The van der Waals surface area contributed by atoms with Crippen LogP contribution in [0.15, 0.2) is 61.2 Å². The molecule has 0 aliphatic rings. The predicted molar refractivity (Wildman–Crippen MR) is 85.8 cm³/mol. The molecule has 0 radical (unpaired) electrons. The number of hydrogen-bond donors (Lipinski definition) is 0. The molecular formula is C17H15N5O. The monoisotopic (exact) mass is 305 g/mol. The standard InChI is InChI=1S/C17H15N5O/c1-23-17-8-4-15(5-9-17)11-21(22-13-19-12-20-22)16-6-2-14(10-18)3-7-16/h2-9,12-13H,11H2,1H3. The average molecular weight is 305 g/mol. The third kappa shape index (κ3) is 3.30. The molecule has 3 rings (SSSR count). The summed E-state index contributed by atoms with van der Waals surface area (Å²) in [5.41, 5.74) is 2.65. The Balaban J connectivity index is 1.90. The molecule has 1 heterocycles. The van der Waals surface area contributed by atoms with Crippen LogP contribution >= 0.6 is 0 Å². The first-order valence-electron chi connectivity index (χ1n) is 7.05. The molecule has 0 N–H and O–H groups in total. The minimum Gasteiger partial charge on any atom is -0.497 e. The number of nitrogens with zero attached hydrogens (tertiary/aromatic N) is 5. The molecule has 0 saturated carbocycles. The highest BCUT2D eigenvalue weighted by Crippen LogP contribution is 2.20. The maximum absolute atomic E-state index is 8.93. The number of hydrogen-bond acceptors (Lipinski definition) is 5. The zero-order chi connectivity index (χ0) is 16.1. The highest BCUT2D eigenvalue weighted by molar-refractivity contribution is 5.49. The van der Waals surface area contributed by atoms with Crippen molar-refractivity contribution < 1.29 is 4.74 Å². The van der Waals surface area contributed by atoms with E-state index in [1.165, 1.54) is 6.33 Å². The highest BCUT2D eigenvalue weighted by Gasteiger charge is 2.10. The maximum atomic E-state index is 8.93. The van der Waals surface area contributed by atoms with E-state index in [0.29, 0.717) is 12.1 Å². The summed E-state index contributed by atoms with van der Waals surface area (Å²) in [6.45, 7) is 0.610. The molecule has 0 bridgehead atoms. The molecule has 3 aromatic rings. The van der Waals surface area contributed by atoms with E-state index < -0.39 is 0 Å². The van der Waals surface area contributed by atoms with Gasteiger partial charge in [-0.3, -0.25) is 5.01 Å². The topological polar surface area (TPSA) is 67.0 Å². The summed E-state index contributed by atoms with van der Waals surface area (Å²) in [4.78, 5) is 5.68. The summed E-state index contributed by atoms with van der Waals surface area (Å²) in [6, 6.07) is 17.3. The van der Waals surface area contributed by atoms with Gasteiger partial charge in [0.2, 0.25) is 0 Å². The van der Waals surface area contributed by atoms with Gasteiger partial charge in [-0.25, -0.2) is 4.98 Å². The number of rotatable bonds is 5. The maximum Gasteiger partial charge on any atom is 0.139 e. The Kier molecular flexibility index (Phi) is 4.20. The van der Waals surface area contributed by atoms with Crippen molar-refractivity contribution in [1.82, 2.24) is 14.9 Å². The molecule has 6 nitrogen and oxygen atoms in total. The number of anilines is 1. The van der Waals surface area contributed by atoms with E-state index in [0.717, 1.165) is 17.0 Å². The summed E-state index contributed by atoms with van der Waals surface area (Å²) in [6.07, 6.45) is 3.13. The van der Waals surface area contributed by atoms with Crippen LogP contribution in [0.2, 0.25) is 0 Å². The molecule has 2 aromatic carbocycles. The Morgan fingerprint density at radius 3 is 2.43 bits per heavy atom. The van der Waals surface area contributed by atoms with Gasteiger partial charge in [-0.15, -0.1) is 5.10 Å². The van der Waals surface area contributed by atoms with Crippen molar-refractivity contribution in [3.05, 3.63) is 72.3 Å². The lowest BCUT2D eigenvalue weighted by Crippen LogP contribution is -2.29. The van der Waals surface area contributed by atoms with Gasteiger partial charge in [0.15, 0.2) is 0 Å². The zero-order valence-corrected chi connectivity index (χ0v) is 12.6. The first-order chi connectivity index (χ1) is 11.3. The molecule has 0 fully saturated rings. The van der Waals surface area contributed by atoms with Crippen molar-refractivity contribution in [2.45, 2.75) is 6.54 Å². The van der Waals surface area contributed by atoms with E-state index in [2.05, 4.69) is 16.2 Å².